The average molecular weight is 608 g/mol. The van der Waals surface area contributed by atoms with Gasteiger partial charge in [0, 0.05) is 68.7 Å². The summed E-state index contributed by atoms with van der Waals surface area (Å²) in [5.74, 6) is 5.79. The lowest BCUT2D eigenvalue weighted by molar-refractivity contribution is -0.137. The van der Waals surface area contributed by atoms with E-state index < -0.39 is 11.9 Å². The number of nitrogens with zero attached hydrogens (tertiary/aromatic N) is 5. The first-order chi connectivity index (χ1) is 21.8. The van der Waals surface area contributed by atoms with Crippen molar-refractivity contribution in [2.24, 2.45) is 0 Å². The molecule has 4 N–H and O–H groups in total. The molecule has 4 heterocycles. The molecule has 1 unspecified atom stereocenters. The van der Waals surface area contributed by atoms with E-state index in [1.165, 1.54) is 4.90 Å². The molecule has 0 radical (unpaired) electrons. The van der Waals surface area contributed by atoms with Gasteiger partial charge in [-0.3, -0.25) is 24.5 Å². The van der Waals surface area contributed by atoms with Crippen molar-refractivity contribution in [2.75, 3.05) is 36.8 Å². The third-order valence-corrected chi connectivity index (χ3v) is 8.45. The van der Waals surface area contributed by atoms with Gasteiger partial charge in [-0.15, -0.1) is 10.2 Å². The van der Waals surface area contributed by atoms with Gasteiger partial charge in [-0.25, -0.2) is 0 Å². The molecule has 6 rings (SSSR count). The van der Waals surface area contributed by atoms with Gasteiger partial charge in [-0.1, -0.05) is 30.0 Å². The first-order valence-electron chi connectivity index (χ1n) is 15.0. The Morgan fingerprint density at radius 3 is 2.58 bits per heavy atom. The molecule has 3 aromatic rings. The summed E-state index contributed by atoms with van der Waals surface area (Å²) in [4.78, 5) is 55.3. The highest BCUT2D eigenvalue weighted by atomic mass is 16.3. The van der Waals surface area contributed by atoms with Crippen LogP contribution in [0.3, 0.4) is 0 Å². The number of benzene rings is 2. The number of unbranched alkanes of at least 4 members (excludes halogenated alkanes) is 1. The van der Waals surface area contributed by atoms with E-state index in [1.807, 2.05) is 23.1 Å². The van der Waals surface area contributed by atoms with Crippen LogP contribution < -0.4 is 16.0 Å². The summed E-state index contributed by atoms with van der Waals surface area (Å²) in [6, 6.07) is 13.4. The first-order valence-corrected chi connectivity index (χ1v) is 15.0. The number of fused-ring (bicyclic) bond motifs is 1. The highest BCUT2D eigenvalue weighted by Crippen LogP contribution is 2.32. The smallest absolute Gasteiger partial charge is 0.255 e. The maximum Gasteiger partial charge on any atom is 0.255 e. The van der Waals surface area contributed by atoms with Crippen molar-refractivity contribution in [1.82, 2.24) is 25.3 Å². The number of nitrogen functional groups attached to an aromatic ring is 1. The molecule has 230 valence electrons. The number of aromatic nitrogens is 2. The number of carbonyl (C=O) groups excluding carboxylic acids is 4. The molecule has 2 fully saturated rings. The number of carbonyl (C=O) groups is 4. The number of nitrogens with two attached hydrogens (primary N) is 1. The van der Waals surface area contributed by atoms with Crippen LogP contribution >= 0.6 is 0 Å². The van der Waals surface area contributed by atoms with Crippen LogP contribution in [-0.2, 0) is 20.9 Å². The number of aromatic hydroxyl groups is 1. The van der Waals surface area contributed by atoms with Crippen LogP contribution in [0.2, 0.25) is 0 Å². The van der Waals surface area contributed by atoms with E-state index in [9.17, 15) is 24.3 Å². The summed E-state index contributed by atoms with van der Waals surface area (Å²) < 4.78 is 0. The monoisotopic (exact) mass is 607 g/mol. The van der Waals surface area contributed by atoms with Gasteiger partial charge in [-0.05, 0) is 48.7 Å². The number of hydrogen-bond donors (Lipinski definition) is 3. The lowest BCUT2D eigenvalue weighted by Gasteiger charge is -2.36. The molecule has 0 aliphatic carbocycles. The zero-order chi connectivity index (χ0) is 31.5. The quantitative estimate of drug-likeness (QED) is 0.216. The number of amides is 4. The standard InChI is InChI=1S/C33H33N7O5/c34-31-27(19-25(36-37-31)23-9-4-5-11-28(23)41)38-15-17-39(18-16-38)30(43)12-3-1-2-7-21-8-6-10-22-24(21)20-40(33(22)45)26-13-14-29(42)35-32(26)44/h4-6,8-11,19,26,41H,1,3,12-18,20H2,(H2,34,37)(H,35,42,44). The van der Waals surface area contributed by atoms with Gasteiger partial charge in [0.2, 0.25) is 17.7 Å². The fourth-order valence-corrected chi connectivity index (χ4v) is 6.01. The van der Waals surface area contributed by atoms with E-state index in [4.69, 9.17) is 5.73 Å². The van der Waals surface area contributed by atoms with Crippen molar-refractivity contribution in [3.63, 3.8) is 0 Å². The Hall–Kier alpha value is -5.44. The van der Waals surface area contributed by atoms with Crippen molar-refractivity contribution in [3.8, 4) is 28.8 Å². The molecule has 45 heavy (non-hydrogen) atoms. The minimum absolute atomic E-state index is 0.0678. The number of phenols is 1. The molecule has 3 aliphatic rings. The molecule has 3 aliphatic heterocycles. The Morgan fingerprint density at radius 2 is 1.80 bits per heavy atom. The second-order valence-corrected chi connectivity index (χ2v) is 11.3. The maximum atomic E-state index is 13.0. The number of piperidine rings is 1. The van der Waals surface area contributed by atoms with Gasteiger partial charge in [-0.2, -0.15) is 0 Å². The summed E-state index contributed by atoms with van der Waals surface area (Å²) in [7, 11) is 0. The number of imide groups is 1. The molecular formula is C33H33N7O5. The van der Waals surface area contributed by atoms with Gasteiger partial charge in [0.1, 0.15) is 11.8 Å². The molecule has 0 spiro atoms. The summed E-state index contributed by atoms with van der Waals surface area (Å²) in [6.07, 6.45) is 2.02. The van der Waals surface area contributed by atoms with Crippen molar-refractivity contribution >= 4 is 35.1 Å². The highest BCUT2D eigenvalue weighted by molar-refractivity contribution is 6.05. The molecule has 1 aromatic heterocycles. The molecule has 0 bridgehead atoms. The van der Waals surface area contributed by atoms with E-state index in [0.29, 0.717) is 74.5 Å². The third-order valence-electron chi connectivity index (χ3n) is 8.45. The van der Waals surface area contributed by atoms with Crippen LogP contribution in [0.1, 0.15) is 53.6 Å². The molecule has 2 aromatic carbocycles. The minimum Gasteiger partial charge on any atom is -0.507 e. The van der Waals surface area contributed by atoms with Gasteiger partial charge in [0.15, 0.2) is 5.82 Å². The number of piperazine rings is 1. The van der Waals surface area contributed by atoms with Crippen LogP contribution in [0.25, 0.3) is 11.3 Å². The molecule has 12 nitrogen and oxygen atoms in total. The van der Waals surface area contributed by atoms with Gasteiger partial charge >= 0.3 is 0 Å². The summed E-state index contributed by atoms with van der Waals surface area (Å²) in [6.45, 7) is 2.55. The van der Waals surface area contributed by atoms with Gasteiger partial charge < -0.3 is 25.5 Å². The Bertz CT molecular complexity index is 1740. The highest BCUT2D eigenvalue weighted by Gasteiger charge is 2.39. The number of hydrogen-bond acceptors (Lipinski definition) is 9. The SMILES string of the molecule is Nc1nnc(-c2ccccc2O)cc1N1CCN(C(=O)CCCC#Cc2cccc3c2CN(C2CCC(=O)NC2=O)C3=O)CC1. The van der Waals surface area contributed by atoms with E-state index in [1.54, 1.807) is 30.3 Å². The summed E-state index contributed by atoms with van der Waals surface area (Å²) >= 11 is 0. The molecule has 0 saturated carbocycles. The largest absolute Gasteiger partial charge is 0.507 e. The van der Waals surface area contributed by atoms with E-state index in [2.05, 4.69) is 32.3 Å². The van der Waals surface area contributed by atoms with Crippen molar-refractivity contribution < 1.29 is 24.3 Å². The number of anilines is 2. The van der Waals surface area contributed by atoms with Crippen molar-refractivity contribution in [1.29, 1.82) is 0 Å². The minimum atomic E-state index is -0.670. The zero-order valence-electron chi connectivity index (χ0n) is 24.7. The van der Waals surface area contributed by atoms with E-state index in [-0.39, 0.29) is 36.4 Å². The molecule has 12 heteroatoms. The van der Waals surface area contributed by atoms with Crippen molar-refractivity contribution in [3.05, 3.63) is 65.2 Å². The lowest BCUT2D eigenvalue weighted by atomic mass is 10.0. The van der Waals surface area contributed by atoms with Crippen molar-refractivity contribution in [2.45, 2.75) is 44.7 Å². The number of para-hydroxylation sites is 1. The Morgan fingerprint density at radius 1 is 1.02 bits per heavy atom. The van der Waals surface area contributed by atoms with Crippen LogP contribution in [0.15, 0.2) is 48.5 Å². The number of nitrogens with one attached hydrogen (secondary N) is 1. The molecule has 4 amide bonds. The Balaban J connectivity index is 1.00. The predicted molar refractivity (Wildman–Crippen MR) is 166 cm³/mol. The number of rotatable bonds is 6. The normalized spacial score (nSPS) is 17.9. The fourth-order valence-electron chi connectivity index (χ4n) is 6.01. The number of phenolic OH excluding ortho intramolecular Hbond substituents is 1. The fraction of sp³-hybridized carbons (Fsp3) is 0.333. The summed E-state index contributed by atoms with van der Waals surface area (Å²) in [5, 5.41) is 20.8. The maximum absolute atomic E-state index is 13.0. The summed E-state index contributed by atoms with van der Waals surface area (Å²) in [5.41, 5.74) is 10.00. The third kappa shape index (κ3) is 6.15. The van der Waals surface area contributed by atoms with E-state index in [0.717, 1.165) is 16.8 Å². The first kappa shape index (κ1) is 29.6. The predicted octanol–water partition coefficient (Wildman–Crippen LogP) is 2.06. The lowest BCUT2D eigenvalue weighted by Crippen LogP contribution is -2.52. The van der Waals surface area contributed by atoms with Gasteiger partial charge in [0.05, 0.1) is 11.4 Å². The molecule has 2 saturated heterocycles. The van der Waals surface area contributed by atoms with Crippen LogP contribution in [0.5, 0.6) is 5.75 Å². The zero-order valence-corrected chi connectivity index (χ0v) is 24.7. The molecule has 1 atom stereocenters. The average Bonchev–Trinajstić information content (AvgIpc) is 3.38. The van der Waals surface area contributed by atoms with Gasteiger partial charge in [0.25, 0.3) is 5.91 Å². The molecular weight excluding hydrogens is 574 g/mol. The second-order valence-electron chi connectivity index (χ2n) is 11.3. The van der Waals surface area contributed by atoms with Crippen LogP contribution in [-0.4, -0.2) is 81.0 Å². The topological polar surface area (TPSA) is 162 Å². The van der Waals surface area contributed by atoms with Crippen LogP contribution in [0, 0.1) is 11.8 Å². The second kappa shape index (κ2) is 12.7. The Kier molecular flexibility index (Phi) is 8.33. The van der Waals surface area contributed by atoms with Crippen LogP contribution in [0.4, 0.5) is 11.5 Å². The Labute approximate surface area is 260 Å². The van der Waals surface area contributed by atoms with E-state index >= 15 is 0 Å².